The first-order valence-corrected chi connectivity index (χ1v) is 9.13. The Morgan fingerprint density at radius 1 is 1.11 bits per heavy atom. The summed E-state index contributed by atoms with van der Waals surface area (Å²) in [4.78, 5) is 24.9. The molecule has 1 heterocycles. The minimum atomic E-state index is -0.963. The Morgan fingerprint density at radius 3 is 2.56 bits per heavy atom. The number of hydrogen-bond acceptors (Lipinski definition) is 6. The summed E-state index contributed by atoms with van der Waals surface area (Å²) in [5.41, 5.74) is -0.269. The van der Waals surface area contributed by atoms with E-state index in [4.69, 9.17) is 16.3 Å². The van der Waals surface area contributed by atoms with E-state index in [2.05, 4.69) is 0 Å². The van der Waals surface area contributed by atoms with Gasteiger partial charge < -0.3 is 20.1 Å². The van der Waals surface area contributed by atoms with E-state index in [1.165, 1.54) is 0 Å². The SMILES string of the molecule is C[C@@H]1C/C=C/CC/C=C/[C@@H](O)CC(=O)Cc2c(Cl)c(O)cc(O)c2C(=O)O1. The average Bonchev–Trinajstić information content (AvgIpc) is 2.57. The molecule has 3 N–H and O–H groups in total. The fourth-order valence-electron chi connectivity index (χ4n) is 2.79. The van der Waals surface area contributed by atoms with Crippen molar-refractivity contribution < 1.29 is 29.6 Å². The number of allylic oxidation sites excluding steroid dienone is 2. The molecule has 0 saturated heterocycles. The highest BCUT2D eigenvalue weighted by atomic mass is 35.5. The van der Waals surface area contributed by atoms with Crippen LogP contribution < -0.4 is 0 Å². The predicted octanol–water partition coefficient (Wildman–Crippen LogP) is 3.46. The summed E-state index contributed by atoms with van der Waals surface area (Å²) < 4.78 is 5.34. The molecule has 1 aromatic carbocycles. The van der Waals surface area contributed by atoms with Crippen molar-refractivity contribution in [2.45, 2.75) is 51.2 Å². The lowest BCUT2D eigenvalue weighted by atomic mass is 9.98. The monoisotopic (exact) mass is 394 g/mol. The number of aliphatic hydroxyl groups excluding tert-OH is 1. The van der Waals surface area contributed by atoms with Crippen LogP contribution in [0.5, 0.6) is 11.5 Å². The molecule has 0 aliphatic carbocycles. The third kappa shape index (κ3) is 5.84. The average molecular weight is 395 g/mol. The van der Waals surface area contributed by atoms with Gasteiger partial charge in [0.25, 0.3) is 0 Å². The van der Waals surface area contributed by atoms with Gasteiger partial charge in [0.1, 0.15) is 28.9 Å². The second-order valence-electron chi connectivity index (χ2n) is 6.50. The Hall–Kier alpha value is -2.31. The second kappa shape index (κ2) is 9.58. The number of ketones is 1. The van der Waals surface area contributed by atoms with Gasteiger partial charge in [-0.05, 0) is 19.8 Å². The Kier molecular flexibility index (Phi) is 7.45. The lowest BCUT2D eigenvalue weighted by Gasteiger charge is -2.17. The van der Waals surface area contributed by atoms with E-state index >= 15 is 0 Å². The summed E-state index contributed by atoms with van der Waals surface area (Å²) in [6, 6.07) is 0.938. The second-order valence-corrected chi connectivity index (χ2v) is 6.88. The number of carbonyl (C=O) groups is 2. The van der Waals surface area contributed by atoms with Gasteiger partial charge in [-0.15, -0.1) is 0 Å². The molecule has 0 bridgehead atoms. The van der Waals surface area contributed by atoms with E-state index in [1.807, 2.05) is 12.2 Å². The molecule has 146 valence electrons. The molecular formula is C20H23ClO6. The van der Waals surface area contributed by atoms with Crippen LogP contribution in [0.1, 0.15) is 48.5 Å². The van der Waals surface area contributed by atoms with Gasteiger partial charge in [0.15, 0.2) is 0 Å². The largest absolute Gasteiger partial charge is 0.507 e. The molecule has 2 atom stereocenters. The number of Topliss-reactive ketones (excluding diaryl/α,β-unsaturated/α-hetero) is 1. The van der Waals surface area contributed by atoms with E-state index in [0.717, 1.165) is 12.5 Å². The quantitative estimate of drug-likeness (QED) is 0.460. The molecule has 6 nitrogen and oxygen atoms in total. The summed E-state index contributed by atoms with van der Waals surface area (Å²) in [5.74, 6) is -2.19. The summed E-state index contributed by atoms with van der Waals surface area (Å²) in [7, 11) is 0. The van der Waals surface area contributed by atoms with Gasteiger partial charge in [-0.25, -0.2) is 4.79 Å². The van der Waals surface area contributed by atoms with Crippen LogP contribution in [0.15, 0.2) is 30.4 Å². The number of carbonyl (C=O) groups excluding carboxylic acids is 2. The molecule has 1 aliphatic rings. The van der Waals surface area contributed by atoms with Crippen LogP contribution in [0.25, 0.3) is 0 Å². The van der Waals surface area contributed by atoms with Gasteiger partial charge in [0, 0.05) is 30.9 Å². The lowest BCUT2D eigenvalue weighted by molar-refractivity contribution is -0.119. The van der Waals surface area contributed by atoms with Crippen molar-refractivity contribution in [2.75, 3.05) is 0 Å². The van der Waals surface area contributed by atoms with Crippen LogP contribution in [0.4, 0.5) is 0 Å². The number of fused-ring (bicyclic) bond motifs is 1. The summed E-state index contributed by atoms with van der Waals surface area (Å²) >= 11 is 6.08. The number of aromatic hydroxyl groups is 2. The van der Waals surface area contributed by atoms with Crippen molar-refractivity contribution in [1.82, 2.24) is 0 Å². The first-order valence-electron chi connectivity index (χ1n) is 8.75. The predicted molar refractivity (Wildman–Crippen MR) is 101 cm³/mol. The topological polar surface area (TPSA) is 104 Å². The standard InChI is InChI=1S/C20H23ClO6/c1-12-7-5-3-2-4-6-8-13(22)9-14(23)10-15-18(20(26)27-12)16(24)11-17(25)19(15)21/h3,5-6,8,11-13,22,24-25H,2,4,7,9-10H2,1H3/b5-3+,8-6+/t12-,13-/m1/s1. The summed E-state index contributed by atoms with van der Waals surface area (Å²) in [6.07, 6.45) is 7.23. The maximum atomic E-state index is 12.5. The van der Waals surface area contributed by atoms with E-state index in [1.54, 1.807) is 19.1 Å². The minimum Gasteiger partial charge on any atom is -0.507 e. The maximum Gasteiger partial charge on any atom is 0.342 e. The van der Waals surface area contributed by atoms with E-state index in [9.17, 15) is 24.9 Å². The number of esters is 1. The molecule has 0 fully saturated rings. The Bertz CT molecular complexity index is 768. The van der Waals surface area contributed by atoms with Crippen molar-refractivity contribution in [3.05, 3.63) is 46.5 Å². The number of phenols is 2. The number of ether oxygens (including phenoxy) is 1. The Morgan fingerprint density at radius 2 is 1.81 bits per heavy atom. The number of rotatable bonds is 0. The van der Waals surface area contributed by atoms with Gasteiger partial charge in [0.05, 0.1) is 11.1 Å². The molecule has 0 amide bonds. The Balaban J connectivity index is 2.42. The molecule has 1 aliphatic heterocycles. The fourth-order valence-corrected chi connectivity index (χ4v) is 3.01. The van der Waals surface area contributed by atoms with Crippen LogP contribution in [0.2, 0.25) is 5.02 Å². The highest BCUT2D eigenvalue weighted by molar-refractivity contribution is 6.33. The number of phenolic OH excluding ortho intramolecular Hbond substituents is 2. The van der Waals surface area contributed by atoms with Crippen molar-refractivity contribution in [3.63, 3.8) is 0 Å². The fraction of sp³-hybridized carbons (Fsp3) is 0.400. The molecule has 7 heteroatoms. The molecule has 0 unspecified atom stereocenters. The van der Waals surface area contributed by atoms with E-state index < -0.39 is 35.5 Å². The molecule has 2 rings (SSSR count). The smallest absolute Gasteiger partial charge is 0.342 e. The highest BCUT2D eigenvalue weighted by Gasteiger charge is 2.26. The molecular weight excluding hydrogens is 372 g/mol. The first kappa shape index (κ1) is 21.0. The number of benzene rings is 1. The zero-order chi connectivity index (χ0) is 20.0. The molecule has 27 heavy (non-hydrogen) atoms. The highest BCUT2D eigenvalue weighted by Crippen LogP contribution is 2.37. The van der Waals surface area contributed by atoms with Gasteiger partial charge >= 0.3 is 5.97 Å². The van der Waals surface area contributed by atoms with E-state index in [0.29, 0.717) is 12.8 Å². The van der Waals surface area contributed by atoms with Crippen LogP contribution in [-0.2, 0) is 16.0 Å². The molecule has 1 aromatic rings. The van der Waals surface area contributed by atoms with Gasteiger partial charge in [0.2, 0.25) is 0 Å². The van der Waals surface area contributed by atoms with Gasteiger partial charge in [-0.3, -0.25) is 4.79 Å². The molecule has 0 radical (unpaired) electrons. The first-order chi connectivity index (χ1) is 12.8. The molecule has 0 aromatic heterocycles. The third-order valence-corrected chi connectivity index (χ3v) is 4.56. The minimum absolute atomic E-state index is 0.0183. The third-order valence-electron chi connectivity index (χ3n) is 4.14. The molecule has 0 spiro atoms. The van der Waals surface area contributed by atoms with Gasteiger partial charge in [-0.2, -0.15) is 0 Å². The van der Waals surface area contributed by atoms with Crippen LogP contribution in [0.3, 0.4) is 0 Å². The zero-order valence-electron chi connectivity index (χ0n) is 15.0. The maximum absolute atomic E-state index is 12.5. The Labute approximate surface area is 162 Å². The number of cyclic esters (lactones) is 1. The summed E-state index contributed by atoms with van der Waals surface area (Å²) in [6.45, 7) is 1.71. The number of halogens is 1. The van der Waals surface area contributed by atoms with Gasteiger partial charge in [-0.1, -0.05) is 35.9 Å². The lowest BCUT2D eigenvalue weighted by Crippen LogP contribution is -2.19. The molecule has 0 saturated carbocycles. The van der Waals surface area contributed by atoms with Crippen LogP contribution in [-0.4, -0.2) is 39.3 Å². The normalized spacial score (nSPS) is 24.7. The van der Waals surface area contributed by atoms with E-state index in [-0.39, 0.29) is 29.0 Å². The number of hydrogen-bond donors (Lipinski definition) is 3. The van der Waals surface area contributed by atoms with Crippen LogP contribution in [0, 0.1) is 0 Å². The zero-order valence-corrected chi connectivity index (χ0v) is 15.8. The van der Waals surface area contributed by atoms with Crippen molar-refractivity contribution in [3.8, 4) is 11.5 Å². The van der Waals surface area contributed by atoms with Crippen molar-refractivity contribution in [1.29, 1.82) is 0 Å². The summed E-state index contributed by atoms with van der Waals surface area (Å²) in [5, 5.41) is 29.7. The number of aliphatic hydroxyl groups is 1. The van der Waals surface area contributed by atoms with Crippen molar-refractivity contribution >= 4 is 23.4 Å². The van der Waals surface area contributed by atoms with Crippen molar-refractivity contribution in [2.24, 2.45) is 0 Å². The van der Waals surface area contributed by atoms with Crippen LogP contribution >= 0.6 is 11.6 Å².